The van der Waals surface area contributed by atoms with E-state index in [4.69, 9.17) is 0 Å². The molecule has 0 atom stereocenters. The third-order valence-electron chi connectivity index (χ3n) is 1.04. The van der Waals surface area contributed by atoms with Crippen LogP contribution in [0.1, 0.15) is 13.8 Å². The molecular formula is C10H15N. The lowest BCUT2D eigenvalue weighted by atomic mass is 10.3. The lowest BCUT2D eigenvalue weighted by molar-refractivity contribution is 1.50. The summed E-state index contributed by atoms with van der Waals surface area (Å²) >= 11 is 0. The largest absolute Gasteiger partial charge is 0.362 e. The monoisotopic (exact) mass is 149 g/mol. The molecule has 0 fully saturated rings. The van der Waals surface area contributed by atoms with Gasteiger partial charge in [0.05, 0.1) is 0 Å². The Morgan fingerprint density at radius 1 is 1.18 bits per heavy atom. The zero-order chi connectivity index (χ0) is 8.53. The smallest absolute Gasteiger partial charge is 0.0379 e. The average Bonchev–Trinajstić information content (AvgIpc) is 2.11. The highest BCUT2D eigenvalue weighted by molar-refractivity contribution is 5.44. The van der Waals surface area contributed by atoms with Crippen molar-refractivity contribution in [1.29, 1.82) is 0 Å². The highest BCUT2D eigenvalue weighted by Crippen LogP contribution is 2.03. The third kappa shape index (κ3) is 4.20. The zero-order valence-electron chi connectivity index (χ0n) is 7.17. The lowest BCUT2D eigenvalue weighted by Crippen LogP contribution is -1.82. The van der Waals surface area contributed by atoms with Crippen LogP contribution in [0.4, 0.5) is 5.69 Å². The summed E-state index contributed by atoms with van der Waals surface area (Å²) in [5, 5.41) is 2.97. The number of anilines is 1. The van der Waals surface area contributed by atoms with E-state index in [1.165, 1.54) is 0 Å². The summed E-state index contributed by atoms with van der Waals surface area (Å²) in [6.45, 7) is 7.54. The van der Waals surface area contributed by atoms with Crippen molar-refractivity contribution in [2.24, 2.45) is 0 Å². The van der Waals surface area contributed by atoms with Gasteiger partial charge in [0, 0.05) is 5.69 Å². The molecule has 60 valence electrons. The molecular weight excluding hydrogens is 134 g/mol. The summed E-state index contributed by atoms with van der Waals surface area (Å²) < 4.78 is 0. The van der Waals surface area contributed by atoms with Gasteiger partial charge in [-0.3, -0.25) is 0 Å². The Balaban J connectivity index is 0.000000461. The molecule has 0 saturated heterocycles. The maximum atomic E-state index is 3.54. The summed E-state index contributed by atoms with van der Waals surface area (Å²) in [4.78, 5) is 0. The molecule has 0 heterocycles. The Labute approximate surface area is 68.8 Å². The van der Waals surface area contributed by atoms with Crippen LogP contribution in [0.25, 0.3) is 0 Å². The predicted molar refractivity (Wildman–Crippen MR) is 51.6 cm³/mol. The molecule has 0 aliphatic carbocycles. The Morgan fingerprint density at radius 2 is 1.73 bits per heavy atom. The summed E-state index contributed by atoms with van der Waals surface area (Å²) in [7, 11) is 0. The van der Waals surface area contributed by atoms with Crippen LogP contribution in [-0.2, 0) is 0 Å². The van der Waals surface area contributed by atoms with E-state index in [9.17, 15) is 0 Å². The first-order valence-corrected chi connectivity index (χ1v) is 3.86. The van der Waals surface area contributed by atoms with Gasteiger partial charge in [0.25, 0.3) is 0 Å². The van der Waals surface area contributed by atoms with Crippen LogP contribution in [0.5, 0.6) is 0 Å². The van der Waals surface area contributed by atoms with Crippen molar-refractivity contribution in [2.75, 3.05) is 5.32 Å². The third-order valence-corrected chi connectivity index (χ3v) is 1.04. The van der Waals surface area contributed by atoms with E-state index < -0.39 is 0 Å². The Morgan fingerprint density at radius 3 is 2.18 bits per heavy atom. The second-order valence-electron chi connectivity index (χ2n) is 1.71. The fourth-order valence-electron chi connectivity index (χ4n) is 0.652. The first-order valence-electron chi connectivity index (χ1n) is 3.86. The van der Waals surface area contributed by atoms with Gasteiger partial charge >= 0.3 is 0 Å². The number of hydrogen-bond acceptors (Lipinski definition) is 1. The fraction of sp³-hybridized carbons (Fsp3) is 0.200. The number of para-hydroxylation sites is 1. The molecule has 0 aromatic heterocycles. The molecule has 1 rings (SSSR count). The van der Waals surface area contributed by atoms with Crippen LogP contribution in [0, 0.1) is 0 Å². The van der Waals surface area contributed by atoms with E-state index in [0.29, 0.717) is 0 Å². The van der Waals surface area contributed by atoms with Crippen LogP contribution in [-0.4, -0.2) is 0 Å². The van der Waals surface area contributed by atoms with Crippen LogP contribution in [0.2, 0.25) is 0 Å². The van der Waals surface area contributed by atoms with Gasteiger partial charge in [-0.05, 0) is 18.3 Å². The molecule has 1 aromatic rings. The number of nitrogens with one attached hydrogen (secondary N) is 1. The van der Waals surface area contributed by atoms with Crippen LogP contribution in [0.3, 0.4) is 0 Å². The Hall–Kier alpha value is -1.24. The highest BCUT2D eigenvalue weighted by Gasteiger charge is 1.79. The zero-order valence-corrected chi connectivity index (χ0v) is 7.17. The van der Waals surface area contributed by atoms with Crippen LogP contribution >= 0.6 is 0 Å². The molecule has 0 unspecified atom stereocenters. The Bertz CT molecular complexity index is 179. The van der Waals surface area contributed by atoms with Gasteiger partial charge < -0.3 is 5.32 Å². The van der Waals surface area contributed by atoms with Crippen molar-refractivity contribution in [3.05, 3.63) is 43.1 Å². The quantitative estimate of drug-likeness (QED) is 0.680. The SMILES string of the molecule is C=CNc1ccccc1.CC. The lowest BCUT2D eigenvalue weighted by Gasteiger charge is -1.95. The molecule has 11 heavy (non-hydrogen) atoms. The molecule has 0 aliphatic rings. The van der Waals surface area contributed by atoms with Gasteiger partial charge in [0.2, 0.25) is 0 Å². The fourth-order valence-corrected chi connectivity index (χ4v) is 0.652. The minimum absolute atomic E-state index is 1.08. The maximum Gasteiger partial charge on any atom is 0.0379 e. The van der Waals surface area contributed by atoms with Crippen LogP contribution < -0.4 is 5.32 Å². The molecule has 1 aromatic carbocycles. The van der Waals surface area contributed by atoms with Gasteiger partial charge in [-0.15, -0.1) is 0 Å². The van der Waals surface area contributed by atoms with E-state index in [-0.39, 0.29) is 0 Å². The van der Waals surface area contributed by atoms with E-state index >= 15 is 0 Å². The summed E-state index contributed by atoms with van der Waals surface area (Å²) in [6, 6.07) is 9.91. The van der Waals surface area contributed by atoms with Crippen molar-refractivity contribution < 1.29 is 0 Å². The highest BCUT2D eigenvalue weighted by atomic mass is 14.8. The topological polar surface area (TPSA) is 12.0 Å². The van der Waals surface area contributed by atoms with Crippen LogP contribution in [0.15, 0.2) is 43.1 Å². The van der Waals surface area contributed by atoms with Crippen molar-refractivity contribution in [3.63, 3.8) is 0 Å². The van der Waals surface area contributed by atoms with Gasteiger partial charge in [-0.2, -0.15) is 0 Å². The molecule has 0 saturated carbocycles. The minimum Gasteiger partial charge on any atom is -0.362 e. The van der Waals surface area contributed by atoms with Gasteiger partial charge in [-0.1, -0.05) is 38.6 Å². The van der Waals surface area contributed by atoms with E-state index in [2.05, 4.69) is 11.9 Å². The summed E-state index contributed by atoms with van der Waals surface area (Å²) in [6.07, 6.45) is 1.66. The number of rotatable bonds is 2. The number of benzene rings is 1. The van der Waals surface area contributed by atoms with E-state index in [1.54, 1.807) is 6.20 Å². The maximum absolute atomic E-state index is 3.54. The molecule has 0 aliphatic heterocycles. The minimum atomic E-state index is 1.08. The molecule has 0 bridgehead atoms. The van der Waals surface area contributed by atoms with E-state index in [1.807, 2.05) is 44.2 Å². The summed E-state index contributed by atoms with van der Waals surface area (Å²) in [5.41, 5.74) is 1.08. The average molecular weight is 149 g/mol. The first kappa shape index (κ1) is 9.76. The van der Waals surface area contributed by atoms with Gasteiger partial charge in [0.1, 0.15) is 0 Å². The Kier molecular flexibility index (Phi) is 6.10. The van der Waals surface area contributed by atoms with E-state index in [0.717, 1.165) is 5.69 Å². The van der Waals surface area contributed by atoms with Crippen molar-refractivity contribution in [1.82, 2.24) is 0 Å². The normalized spacial score (nSPS) is 7.45. The molecule has 0 amide bonds. The molecule has 1 heteroatoms. The second-order valence-corrected chi connectivity index (χ2v) is 1.71. The first-order chi connectivity index (χ1) is 5.43. The summed E-state index contributed by atoms with van der Waals surface area (Å²) in [5.74, 6) is 0. The molecule has 0 spiro atoms. The predicted octanol–water partition coefficient (Wildman–Crippen LogP) is 3.27. The van der Waals surface area contributed by atoms with Crippen molar-refractivity contribution in [3.8, 4) is 0 Å². The second kappa shape index (κ2) is 6.87. The van der Waals surface area contributed by atoms with Crippen molar-refractivity contribution in [2.45, 2.75) is 13.8 Å². The van der Waals surface area contributed by atoms with Gasteiger partial charge in [0.15, 0.2) is 0 Å². The number of hydrogen-bond donors (Lipinski definition) is 1. The standard InChI is InChI=1S/C8H9N.C2H6/c1-2-9-8-6-4-3-5-7-8;1-2/h2-7,9H,1H2;1-2H3. The molecule has 0 radical (unpaired) electrons. The van der Waals surface area contributed by atoms with Gasteiger partial charge in [-0.25, -0.2) is 0 Å². The molecule has 1 nitrogen and oxygen atoms in total. The molecule has 1 N–H and O–H groups in total. The van der Waals surface area contributed by atoms with Crippen molar-refractivity contribution >= 4 is 5.69 Å².